The van der Waals surface area contributed by atoms with E-state index in [-0.39, 0.29) is 11.7 Å². The van der Waals surface area contributed by atoms with Gasteiger partial charge in [-0.25, -0.2) is 14.5 Å². The average molecular weight is 455 g/mol. The molecule has 5 rings (SSSR count). The van der Waals surface area contributed by atoms with Crippen LogP contribution in [-0.4, -0.2) is 48.9 Å². The van der Waals surface area contributed by atoms with Crippen molar-refractivity contribution in [3.05, 3.63) is 36.2 Å². The first kappa shape index (κ1) is 21.0. The maximum atomic E-state index is 12.9. The Labute approximate surface area is 190 Å². The standard InChI is InChI=1S/C22H26N6O3S/c1-14-9-11-22(12-10-14)19(30)28(21(31)24-22)25-17(29)13-32-20-23-18(15-7-8-15)27(26-20)16-5-3-2-4-6-16/h2-6,14-15H,7-13H2,1H3,(H,24,31)(H,25,29). The molecule has 1 spiro atoms. The van der Waals surface area contributed by atoms with Gasteiger partial charge in [-0.15, -0.1) is 5.10 Å². The molecule has 168 valence electrons. The number of hydrogen-bond acceptors (Lipinski definition) is 6. The highest BCUT2D eigenvalue weighted by Gasteiger charge is 2.52. The Balaban J connectivity index is 1.22. The van der Waals surface area contributed by atoms with Crippen molar-refractivity contribution >= 4 is 29.6 Å². The second-order valence-corrected chi connectivity index (χ2v) is 9.88. The summed E-state index contributed by atoms with van der Waals surface area (Å²) in [5.74, 6) is 1.03. The van der Waals surface area contributed by atoms with Crippen LogP contribution in [0.15, 0.2) is 35.5 Å². The van der Waals surface area contributed by atoms with E-state index in [9.17, 15) is 14.4 Å². The first-order valence-corrected chi connectivity index (χ1v) is 12.0. The lowest BCUT2D eigenvalue weighted by molar-refractivity contribution is -0.139. The summed E-state index contributed by atoms with van der Waals surface area (Å²) in [6, 6.07) is 9.23. The van der Waals surface area contributed by atoms with Gasteiger partial charge in [-0.2, -0.15) is 5.01 Å². The Morgan fingerprint density at radius 3 is 2.59 bits per heavy atom. The summed E-state index contributed by atoms with van der Waals surface area (Å²) >= 11 is 1.19. The van der Waals surface area contributed by atoms with Crippen molar-refractivity contribution in [3.63, 3.8) is 0 Å². The number of hydrogen-bond donors (Lipinski definition) is 2. The summed E-state index contributed by atoms with van der Waals surface area (Å²) in [5.41, 5.74) is 2.53. The van der Waals surface area contributed by atoms with E-state index in [4.69, 9.17) is 0 Å². The highest BCUT2D eigenvalue weighted by molar-refractivity contribution is 7.99. The third-order valence-corrected chi connectivity index (χ3v) is 7.25. The highest BCUT2D eigenvalue weighted by atomic mass is 32.2. The molecule has 10 heteroatoms. The summed E-state index contributed by atoms with van der Waals surface area (Å²) in [6.07, 6.45) is 5.13. The van der Waals surface area contributed by atoms with Crippen LogP contribution in [0.4, 0.5) is 4.79 Å². The van der Waals surface area contributed by atoms with Crippen molar-refractivity contribution in [1.82, 2.24) is 30.5 Å². The third-order valence-electron chi connectivity index (χ3n) is 6.41. The molecule has 0 radical (unpaired) electrons. The van der Waals surface area contributed by atoms with Crippen molar-refractivity contribution in [3.8, 4) is 5.69 Å². The number of para-hydroxylation sites is 1. The summed E-state index contributed by atoms with van der Waals surface area (Å²) in [5, 5.41) is 8.72. The number of rotatable bonds is 6. The molecule has 32 heavy (non-hydrogen) atoms. The lowest BCUT2D eigenvalue weighted by Crippen LogP contribution is -2.51. The van der Waals surface area contributed by atoms with Crippen LogP contribution in [0.2, 0.25) is 0 Å². The quantitative estimate of drug-likeness (QED) is 0.513. The molecule has 1 aromatic heterocycles. The molecular formula is C22H26N6O3S. The monoisotopic (exact) mass is 454 g/mol. The minimum absolute atomic E-state index is 0.00397. The normalized spacial score (nSPS) is 25.3. The first-order chi connectivity index (χ1) is 15.4. The Morgan fingerprint density at radius 2 is 1.91 bits per heavy atom. The molecule has 0 bridgehead atoms. The van der Waals surface area contributed by atoms with Gasteiger partial charge in [0.05, 0.1) is 11.4 Å². The Bertz CT molecular complexity index is 1040. The summed E-state index contributed by atoms with van der Waals surface area (Å²) in [6.45, 7) is 2.15. The smallest absolute Gasteiger partial charge is 0.322 e. The van der Waals surface area contributed by atoms with Crippen molar-refractivity contribution in [2.24, 2.45) is 5.92 Å². The number of carbonyl (C=O) groups excluding carboxylic acids is 3. The Kier molecular flexibility index (Phi) is 5.40. The minimum Gasteiger partial charge on any atom is -0.322 e. The van der Waals surface area contributed by atoms with Crippen LogP contribution in [0.25, 0.3) is 5.69 Å². The van der Waals surface area contributed by atoms with Crippen molar-refractivity contribution in [2.45, 2.75) is 62.1 Å². The van der Waals surface area contributed by atoms with Crippen molar-refractivity contribution in [1.29, 1.82) is 0 Å². The molecule has 1 saturated heterocycles. The number of benzene rings is 1. The molecular weight excluding hydrogens is 428 g/mol. The molecule has 2 saturated carbocycles. The molecule has 1 aromatic carbocycles. The number of nitrogens with zero attached hydrogens (tertiary/aromatic N) is 4. The Morgan fingerprint density at radius 1 is 1.19 bits per heavy atom. The molecule has 3 fully saturated rings. The van der Waals surface area contributed by atoms with Crippen LogP contribution in [0.3, 0.4) is 0 Å². The number of thioether (sulfide) groups is 1. The molecule has 1 aliphatic heterocycles. The lowest BCUT2D eigenvalue weighted by Gasteiger charge is -2.33. The van der Waals surface area contributed by atoms with E-state index in [2.05, 4.69) is 27.7 Å². The van der Waals surface area contributed by atoms with E-state index in [1.54, 1.807) is 0 Å². The van der Waals surface area contributed by atoms with Crippen LogP contribution in [0.5, 0.6) is 0 Å². The van der Waals surface area contributed by atoms with E-state index < -0.39 is 17.5 Å². The summed E-state index contributed by atoms with van der Waals surface area (Å²) in [7, 11) is 0. The number of carbonyl (C=O) groups is 3. The van der Waals surface area contributed by atoms with Crippen LogP contribution in [-0.2, 0) is 9.59 Å². The van der Waals surface area contributed by atoms with Gasteiger partial charge >= 0.3 is 6.03 Å². The van der Waals surface area contributed by atoms with Crippen LogP contribution < -0.4 is 10.7 Å². The van der Waals surface area contributed by atoms with Crippen molar-refractivity contribution in [2.75, 3.05) is 5.75 Å². The fraction of sp³-hybridized carbons (Fsp3) is 0.500. The largest absolute Gasteiger partial charge is 0.344 e. The zero-order valence-electron chi connectivity index (χ0n) is 17.9. The van der Waals surface area contributed by atoms with Crippen LogP contribution in [0.1, 0.15) is 57.2 Å². The predicted molar refractivity (Wildman–Crippen MR) is 118 cm³/mol. The number of aromatic nitrogens is 3. The third kappa shape index (κ3) is 3.99. The van der Waals surface area contributed by atoms with Gasteiger partial charge in [0, 0.05) is 5.92 Å². The van der Waals surface area contributed by atoms with E-state index in [0.717, 1.165) is 42.2 Å². The van der Waals surface area contributed by atoms with Gasteiger partial charge in [0.1, 0.15) is 11.4 Å². The molecule has 2 aliphatic carbocycles. The average Bonchev–Trinajstić information content (AvgIpc) is 3.52. The van der Waals surface area contributed by atoms with Crippen LogP contribution in [0, 0.1) is 5.92 Å². The lowest BCUT2D eigenvalue weighted by atomic mass is 9.77. The second kappa shape index (κ2) is 8.23. The molecule has 2 aromatic rings. The van der Waals surface area contributed by atoms with E-state index >= 15 is 0 Å². The number of amides is 4. The van der Waals surface area contributed by atoms with Gasteiger partial charge in [0.2, 0.25) is 11.1 Å². The van der Waals surface area contributed by atoms with Gasteiger partial charge < -0.3 is 5.32 Å². The molecule has 0 unspecified atom stereocenters. The zero-order valence-corrected chi connectivity index (χ0v) is 18.7. The number of nitrogens with one attached hydrogen (secondary N) is 2. The van der Waals surface area contributed by atoms with Gasteiger partial charge in [0.15, 0.2) is 0 Å². The highest BCUT2D eigenvalue weighted by Crippen LogP contribution is 2.40. The minimum atomic E-state index is -0.876. The molecule has 4 amide bonds. The SMILES string of the molecule is CC1CCC2(CC1)NC(=O)N(NC(=O)CSc1nc(C3CC3)n(-c3ccccc3)n1)C2=O. The Hall–Kier alpha value is -2.88. The summed E-state index contributed by atoms with van der Waals surface area (Å²) in [4.78, 5) is 42.4. The molecule has 0 atom stereocenters. The topological polar surface area (TPSA) is 109 Å². The van der Waals surface area contributed by atoms with Gasteiger partial charge in [-0.1, -0.05) is 36.9 Å². The van der Waals surface area contributed by atoms with E-state index in [0.29, 0.717) is 29.8 Å². The van der Waals surface area contributed by atoms with Crippen LogP contribution >= 0.6 is 11.8 Å². The molecule has 9 nitrogen and oxygen atoms in total. The maximum Gasteiger partial charge on any atom is 0.344 e. The number of imide groups is 1. The summed E-state index contributed by atoms with van der Waals surface area (Å²) < 4.78 is 1.84. The fourth-order valence-electron chi connectivity index (χ4n) is 4.33. The molecule has 3 aliphatic rings. The fourth-order valence-corrected chi connectivity index (χ4v) is 4.96. The van der Waals surface area contributed by atoms with E-state index in [1.165, 1.54) is 11.8 Å². The molecule has 2 heterocycles. The first-order valence-electron chi connectivity index (χ1n) is 11.1. The van der Waals surface area contributed by atoms with Gasteiger partial charge in [-0.3, -0.25) is 15.0 Å². The second-order valence-electron chi connectivity index (χ2n) is 8.93. The van der Waals surface area contributed by atoms with E-state index in [1.807, 2.05) is 35.0 Å². The van der Waals surface area contributed by atoms with Gasteiger partial charge in [-0.05, 0) is 56.6 Å². The number of hydrazine groups is 1. The molecule has 2 N–H and O–H groups in total. The predicted octanol–water partition coefficient (Wildman–Crippen LogP) is 2.77. The van der Waals surface area contributed by atoms with Crippen molar-refractivity contribution < 1.29 is 14.4 Å². The maximum absolute atomic E-state index is 12.9. The zero-order chi connectivity index (χ0) is 22.3. The number of urea groups is 1. The van der Waals surface area contributed by atoms with Gasteiger partial charge in [0.25, 0.3) is 5.91 Å².